The molecule has 0 aromatic rings. The van der Waals surface area contributed by atoms with Crippen molar-refractivity contribution in [3.63, 3.8) is 0 Å². The maximum Gasteiger partial charge on any atom is 0.225 e. The molecule has 4 bridgehead atoms. The summed E-state index contributed by atoms with van der Waals surface area (Å²) < 4.78 is 0. The third-order valence-corrected chi connectivity index (χ3v) is 6.27. The average molecular weight is 263 g/mol. The fourth-order valence-corrected chi connectivity index (χ4v) is 6.84. The lowest BCUT2D eigenvalue weighted by Gasteiger charge is -2.67. The topological polar surface area (TPSA) is 40.5 Å². The summed E-state index contributed by atoms with van der Waals surface area (Å²) in [6.07, 6.45) is 7.50. The van der Waals surface area contributed by atoms with Crippen LogP contribution in [0.2, 0.25) is 0 Å². The highest BCUT2D eigenvalue weighted by Crippen LogP contribution is 2.67. The van der Waals surface area contributed by atoms with Crippen molar-refractivity contribution in [2.24, 2.45) is 16.7 Å². The Hall–Kier alpha value is -0.570. The average Bonchev–Trinajstić information content (AvgIpc) is 2.52. The molecule has 0 aromatic heterocycles. The Morgan fingerprint density at radius 3 is 2.21 bits per heavy atom. The number of amides is 1. The number of aliphatic hydroxyl groups excluding tert-OH is 1. The van der Waals surface area contributed by atoms with Crippen LogP contribution in [0.3, 0.4) is 0 Å². The normalized spacial score (nSPS) is 56.2. The summed E-state index contributed by atoms with van der Waals surface area (Å²) in [6.45, 7) is 5.45. The predicted molar refractivity (Wildman–Crippen MR) is 72.5 cm³/mol. The van der Waals surface area contributed by atoms with Crippen molar-refractivity contribution in [3.8, 4) is 0 Å². The molecule has 3 atom stereocenters. The molecule has 1 aliphatic heterocycles. The maximum atomic E-state index is 12.3. The minimum absolute atomic E-state index is 0.0808. The molecule has 0 spiro atoms. The monoisotopic (exact) mass is 263 g/mol. The first-order valence-corrected chi connectivity index (χ1v) is 7.80. The molecule has 3 heteroatoms. The molecule has 3 nitrogen and oxygen atoms in total. The third-order valence-electron chi connectivity index (χ3n) is 6.27. The van der Waals surface area contributed by atoms with Crippen LogP contribution in [-0.2, 0) is 4.79 Å². The zero-order chi connectivity index (χ0) is 13.5. The van der Waals surface area contributed by atoms with Gasteiger partial charge in [0.2, 0.25) is 5.91 Å². The van der Waals surface area contributed by atoms with E-state index >= 15 is 0 Å². The lowest BCUT2D eigenvalue weighted by Crippen LogP contribution is -2.65. The van der Waals surface area contributed by atoms with Crippen molar-refractivity contribution < 1.29 is 9.90 Å². The van der Waals surface area contributed by atoms with E-state index in [9.17, 15) is 9.90 Å². The highest BCUT2D eigenvalue weighted by molar-refractivity contribution is 5.80. The number of nitrogens with zero attached hydrogens (tertiary/aromatic N) is 1. The number of β-amino-alcohol motifs (C(OH)–C–C–N with tert-alkyl or cyclic N) is 1. The Morgan fingerprint density at radius 2 is 1.74 bits per heavy atom. The van der Waals surface area contributed by atoms with E-state index < -0.39 is 6.10 Å². The van der Waals surface area contributed by atoms with Gasteiger partial charge < -0.3 is 10.0 Å². The van der Waals surface area contributed by atoms with Crippen LogP contribution in [-0.4, -0.2) is 34.1 Å². The summed E-state index contributed by atoms with van der Waals surface area (Å²) in [4.78, 5) is 14.4. The summed E-state index contributed by atoms with van der Waals surface area (Å²) in [5.41, 5.74) is 0.946. The number of hydrogen-bond donors (Lipinski definition) is 1. The van der Waals surface area contributed by atoms with E-state index in [1.165, 1.54) is 38.5 Å². The van der Waals surface area contributed by atoms with Gasteiger partial charge in [0.25, 0.3) is 0 Å². The van der Waals surface area contributed by atoms with Crippen LogP contribution in [0.25, 0.3) is 0 Å². The molecule has 5 fully saturated rings. The number of hydrogen-bond acceptors (Lipinski definition) is 2. The number of carbonyl (C=O) groups is 1. The van der Waals surface area contributed by atoms with Gasteiger partial charge in [-0.3, -0.25) is 4.79 Å². The van der Waals surface area contributed by atoms with Crippen LogP contribution in [0.1, 0.15) is 58.8 Å². The molecule has 4 aliphatic carbocycles. The largest absolute Gasteiger partial charge is 0.391 e. The van der Waals surface area contributed by atoms with Gasteiger partial charge >= 0.3 is 0 Å². The number of likely N-dealkylation sites (tertiary alicyclic amines) is 1. The molecule has 1 N–H and O–H groups in total. The van der Waals surface area contributed by atoms with Gasteiger partial charge in [0, 0.05) is 12.1 Å². The van der Waals surface area contributed by atoms with Crippen molar-refractivity contribution >= 4 is 5.91 Å². The van der Waals surface area contributed by atoms with Gasteiger partial charge in [-0.25, -0.2) is 0 Å². The molecule has 0 radical (unpaired) electrons. The van der Waals surface area contributed by atoms with Crippen molar-refractivity contribution in [2.75, 3.05) is 6.54 Å². The lowest BCUT2D eigenvalue weighted by molar-refractivity contribution is -0.170. The molecule has 5 rings (SSSR count). The first-order chi connectivity index (χ1) is 8.82. The third kappa shape index (κ3) is 1.63. The minimum atomic E-state index is -0.430. The fraction of sp³-hybridized carbons (Fsp3) is 0.938. The SMILES string of the molecule is CC12CC3CC(C)(C1)CC(N1CC(O)CC1=O)(C3)C2. The Morgan fingerprint density at radius 1 is 1.11 bits per heavy atom. The maximum absolute atomic E-state index is 12.3. The minimum Gasteiger partial charge on any atom is -0.391 e. The Balaban J connectivity index is 1.73. The zero-order valence-electron chi connectivity index (χ0n) is 12.1. The van der Waals surface area contributed by atoms with Crippen LogP contribution in [0.15, 0.2) is 0 Å². The number of carbonyl (C=O) groups excluding carboxylic acids is 1. The molecule has 1 heterocycles. The van der Waals surface area contributed by atoms with Crippen LogP contribution in [0.4, 0.5) is 0 Å². The molecule has 0 aromatic carbocycles. The van der Waals surface area contributed by atoms with Crippen LogP contribution in [0.5, 0.6) is 0 Å². The summed E-state index contributed by atoms with van der Waals surface area (Å²) in [5, 5.41) is 9.84. The highest BCUT2D eigenvalue weighted by atomic mass is 16.3. The zero-order valence-corrected chi connectivity index (χ0v) is 12.1. The van der Waals surface area contributed by atoms with E-state index in [0.29, 0.717) is 23.8 Å². The smallest absolute Gasteiger partial charge is 0.225 e. The predicted octanol–water partition coefficient (Wildman–Crippen LogP) is 2.33. The van der Waals surface area contributed by atoms with Crippen LogP contribution < -0.4 is 0 Å². The molecule has 1 saturated heterocycles. The van der Waals surface area contributed by atoms with E-state index in [2.05, 4.69) is 18.7 Å². The van der Waals surface area contributed by atoms with Gasteiger partial charge in [0.1, 0.15) is 0 Å². The Bertz CT molecular complexity index is 428. The Labute approximate surface area is 115 Å². The van der Waals surface area contributed by atoms with Gasteiger partial charge in [0.05, 0.1) is 12.5 Å². The van der Waals surface area contributed by atoms with E-state index in [0.717, 1.165) is 5.92 Å². The molecule has 1 amide bonds. The van der Waals surface area contributed by atoms with Gasteiger partial charge in [-0.15, -0.1) is 0 Å². The molecular weight excluding hydrogens is 238 g/mol. The van der Waals surface area contributed by atoms with Gasteiger partial charge in [-0.05, 0) is 55.3 Å². The van der Waals surface area contributed by atoms with E-state index in [4.69, 9.17) is 0 Å². The van der Waals surface area contributed by atoms with Crippen molar-refractivity contribution in [2.45, 2.75) is 70.4 Å². The molecular formula is C16H25NO2. The highest BCUT2D eigenvalue weighted by Gasteiger charge is 2.63. The standard InChI is InChI=1S/C16H25NO2/c1-14-4-11-5-15(2,8-14)10-16(6-11,9-14)17-7-12(18)3-13(17)19/h11-12,18H,3-10H2,1-2H3. The van der Waals surface area contributed by atoms with E-state index in [1.807, 2.05) is 0 Å². The molecule has 5 aliphatic rings. The van der Waals surface area contributed by atoms with Gasteiger partial charge in [-0.1, -0.05) is 13.8 Å². The van der Waals surface area contributed by atoms with Crippen molar-refractivity contribution in [3.05, 3.63) is 0 Å². The second-order valence-electron chi connectivity index (χ2n) is 8.72. The summed E-state index contributed by atoms with van der Waals surface area (Å²) in [6, 6.07) is 0. The molecule has 106 valence electrons. The summed E-state index contributed by atoms with van der Waals surface area (Å²) in [5.74, 6) is 0.999. The van der Waals surface area contributed by atoms with Gasteiger partial charge in [0.15, 0.2) is 0 Å². The summed E-state index contributed by atoms with van der Waals surface area (Å²) in [7, 11) is 0. The quantitative estimate of drug-likeness (QED) is 0.789. The van der Waals surface area contributed by atoms with Crippen LogP contribution >= 0.6 is 0 Å². The first kappa shape index (κ1) is 12.2. The second-order valence-corrected chi connectivity index (χ2v) is 8.72. The lowest BCUT2D eigenvalue weighted by atomic mass is 9.42. The molecule has 4 saturated carbocycles. The van der Waals surface area contributed by atoms with Crippen LogP contribution in [0, 0.1) is 16.7 Å². The van der Waals surface area contributed by atoms with Crippen molar-refractivity contribution in [1.29, 1.82) is 0 Å². The molecule has 19 heavy (non-hydrogen) atoms. The number of rotatable bonds is 1. The summed E-state index contributed by atoms with van der Waals surface area (Å²) >= 11 is 0. The second kappa shape index (κ2) is 3.36. The Kier molecular flexibility index (Phi) is 2.16. The van der Waals surface area contributed by atoms with Crippen molar-refractivity contribution in [1.82, 2.24) is 4.90 Å². The first-order valence-electron chi connectivity index (χ1n) is 7.80. The molecule has 3 unspecified atom stereocenters. The van der Waals surface area contributed by atoms with Gasteiger partial charge in [-0.2, -0.15) is 0 Å². The van der Waals surface area contributed by atoms with E-state index in [-0.39, 0.29) is 11.4 Å². The fourth-order valence-electron chi connectivity index (χ4n) is 6.84. The number of aliphatic hydroxyl groups is 1. The van der Waals surface area contributed by atoms with E-state index in [1.54, 1.807) is 0 Å².